The summed E-state index contributed by atoms with van der Waals surface area (Å²) < 4.78 is 0. The van der Waals surface area contributed by atoms with E-state index in [4.69, 9.17) is 0 Å². The predicted molar refractivity (Wildman–Crippen MR) is 79.7 cm³/mol. The fourth-order valence-electron chi connectivity index (χ4n) is 3.80. The van der Waals surface area contributed by atoms with Gasteiger partial charge in [0.2, 0.25) is 11.8 Å². The van der Waals surface area contributed by atoms with E-state index in [1.54, 1.807) is 0 Å². The quantitative estimate of drug-likeness (QED) is 0.583. The molecule has 1 saturated carbocycles. The molecule has 1 aliphatic carbocycles. The molecule has 0 aromatic rings. The molecule has 3 heteroatoms. The summed E-state index contributed by atoms with van der Waals surface area (Å²) in [6, 6.07) is 0. The number of likely N-dealkylation sites (tertiary alicyclic amines) is 1. The van der Waals surface area contributed by atoms with Crippen molar-refractivity contribution < 1.29 is 9.59 Å². The molecule has 2 unspecified atom stereocenters. The van der Waals surface area contributed by atoms with Gasteiger partial charge < -0.3 is 0 Å². The minimum atomic E-state index is -0.278. The van der Waals surface area contributed by atoms with Crippen LogP contribution in [-0.2, 0) is 9.59 Å². The summed E-state index contributed by atoms with van der Waals surface area (Å²) >= 11 is 0. The summed E-state index contributed by atoms with van der Waals surface area (Å²) in [4.78, 5) is 26.6. The molecule has 2 aliphatic rings. The molecule has 4 atom stereocenters. The Morgan fingerprint density at radius 2 is 1.55 bits per heavy atom. The Morgan fingerprint density at radius 3 is 1.85 bits per heavy atom. The van der Waals surface area contributed by atoms with E-state index in [0.29, 0.717) is 6.54 Å². The highest BCUT2D eigenvalue weighted by Gasteiger charge is 2.58. The van der Waals surface area contributed by atoms with Gasteiger partial charge in [-0.3, -0.25) is 14.5 Å². The summed E-state index contributed by atoms with van der Waals surface area (Å²) in [7, 11) is 0. The van der Waals surface area contributed by atoms with E-state index in [1.807, 2.05) is 32.9 Å². The Bertz CT molecular complexity index is 463. The molecule has 0 aromatic carbocycles. The van der Waals surface area contributed by atoms with Crippen LogP contribution in [0.4, 0.5) is 0 Å². The van der Waals surface area contributed by atoms with Crippen molar-refractivity contribution in [3.63, 3.8) is 0 Å². The van der Waals surface area contributed by atoms with Crippen LogP contribution in [0, 0.1) is 23.7 Å². The fourth-order valence-corrected chi connectivity index (χ4v) is 3.80. The number of nitrogens with zero attached hydrogens (tertiary/aromatic N) is 1. The van der Waals surface area contributed by atoms with Crippen LogP contribution < -0.4 is 0 Å². The standard InChI is InChI=1S/C17H23NO2/c1-6-9-18-16(19)14-11(7-2)13(10(4)5)12(8-3)15(14)17(18)20/h7-8,11-12,14-15H,2-3,6,9H2,1,4-5H3/t11?,12?,14-,15+. The number of rotatable bonds is 4. The van der Waals surface area contributed by atoms with Gasteiger partial charge in [-0.15, -0.1) is 13.2 Å². The maximum atomic E-state index is 12.6. The zero-order chi connectivity index (χ0) is 15.0. The van der Waals surface area contributed by atoms with Gasteiger partial charge >= 0.3 is 0 Å². The first-order valence-corrected chi connectivity index (χ1v) is 7.27. The molecule has 0 spiro atoms. The topological polar surface area (TPSA) is 37.4 Å². The largest absolute Gasteiger partial charge is 0.282 e. The van der Waals surface area contributed by atoms with Gasteiger partial charge in [-0.2, -0.15) is 0 Å². The monoisotopic (exact) mass is 273 g/mol. The van der Waals surface area contributed by atoms with Gasteiger partial charge in [-0.25, -0.2) is 0 Å². The van der Waals surface area contributed by atoms with Crippen LogP contribution in [0.1, 0.15) is 27.2 Å². The fraction of sp³-hybridized carbons (Fsp3) is 0.529. The molecule has 0 radical (unpaired) electrons. The Hall–Kier alpha value is -1.64. The van der Waals surface area contributed by atoms with E-state index in [9.17, 15) is 9.59 Å². The third-order valence-corrected chi connectivity index (χ3v) is 4.51. The molecule has 1 aliphatic heterocycles. The lowest BCUT2D eigenvalue weighted by Crippen LogP contribution is -2.34. The molecule has 0 aromatic heterocycles. The average molecular weight is 273 g/mol. The van der Waals surface area contributed by atoms with Gasteiger partial charge in [0.05, 0.1) is 11.8 Å². The van der Waals surface area contributed by atoms with Crippen LogP contribution in [-0.4, -0.2) is 23.3 Å². The molecule has 1 heterocycles. The lowest BCUT2D eigenvalue weighted by molar-refractivity contribution is -0.140. The maximum Gasteiger partial charge on any atom is 0.234 e. The van der Waals surface area contributed by atoms with Gasteiger partial charge in [-0.1, -0.05) is 30.2 Å². The zero-order valence-electron chi connectivity index (χ0n) is 12.6. The molecule has 0 bridgehead atoms. The summed E-state index contributed by atoms with van der Waals surface area (Å²) in [6.45, 7) is 14.3. The highest BCUT2D eigenvalue weighted by Crippen LogP contribution is 2.52. The number of amides is 2. The van der Waals surface area contributed by atoms with Crippen molar-refractivity contribution in [3.05, 3.63) is 36.5 Å². The number of carbonyl (C=O) groups is 2. The first-order chi connectivity index (χ1) is 9.49. The van der Waals surface area contributed by atoms with Crippen LogP contribution in [0.25, 0.3) is 0 Å². The second-order valence-electron chi connectivity index (χ2n) is 5.86. The summed E-state index contributed by atoms with van der Waals surface area (Å²) in [6.07, 6.45) is 4.44. The summed E-state index contributed by atoms with van der Waals surface area (Å²) in [5, 5.41) is 0. The van der Waals surface area contributed by atoms with Crippen molar-refractivity contribution >= 4 is 11.8 Å². The third-order valence-electron chi connectivity index (χ3n) is 4.51. The smallest absolute Gasteiger partial charge is 0.234 e. The van der Waals surface area contributed by atoms with Gasteiger partial charge in [0.25, 0.3) is 0 Å². The summed E-state index contributed by atoms with van der Waals surface area (Å²) in [5.74, 6) is -0.693. The molecular weight excluding hydrogens is 250 g/mol. The highest BCUT2D eigenvalue weighted by molar-refractivity contribution is 6.06. The Labute approximate surface area is 121 Å². The summed E-state index contributed by atoms with van der Waals surface area (Å²) in [5.41, 5.74) is 2.32. The van der Waals surface area contributed by atoms with Crippen molar-refractivity contribution in [1.82, 2.24) is 4.90 Å². The van der Waals surface area contributed by atoms with Crippen molar-refractivity contribution in [2.45, 2.75) is 27.2 Å². The average Bonchev–Trinajstić information content (AvgIpc) is 2.87. The molecule has 0 N–H and O–H groups in total. The minimum Gasteiger partial charge on any atom is -0.282 e. The van der Waals surface area contributed by atoms with Crippen LogP contribution in [0.15, 0.2) is 36.5 Å². The molecule has 20 heavy (non-hydrogen) atoms. The van der Waals surface area contributed by atoms with E-state index in [2.05, 4.69) is 13.2 Å². The number of hydrogen-bond acceptors (Lipinski definition) is 2. The second-order valence-corrected chi connectivity index (χ2v) is 5.86. The predicted octanol–water partition coefficient (Wildman–Crippen LogP) is 2.95. The maximum absolute atomic E-state index is 12.6. The normalized spacial score (nSPS) is 32.5. The number of allylic oxidation sites excluding steroid dienone is 4. The van der Waals surface area contributed by atoms with E-state index in [1.165, 1.54) is 4.90 Å². The Morgan fingerprint density at radius 1 is 1.10 bits per heavy atom. The van der Waals surface area contributed by atoms with E-state index >= 15 is 0 Å². The molecule has 2 fully saturated rings. The number of imide groups is 1. The van der Waals surface area contributed by atoms with Crippen molar-refractivity contribution in [2.75, 3.05) is 6.54 Å². The SMILES string of the molecule is C=CC1C(=C(C)C)C(C=C)[C@@H]2C(=O)N(CCC)C(=O)[C@H]12. The molecule has 108 valence electrons. The van der Waals surface area contributed by atoms with Crippen LogP contribution in [0.5, 0.6) is 0 Å². The first-order valence-electron chi connectivity index (χ1n) is 7.27. The van der Waals surface area contributed by atoms with Gasteiger partial charge in [0, 0.05) is 18.4 Å². The highest BCUT2D eigenvalue weighted by atomic mass is 16.2. The van der Waals surface area contributed by atoms with Crippen molar-refractivity contribution in [2.24, 2.45) is 23.7 Å². The van der Waals surface area contributed by atoms with Crippen molar-refractivity contribution in [3.8, 4) is 0 Å². The van der Waals surface area contributed by atoms with Crippen LogP contribution >= 0.6 is 0 Å². The second kappa shape index (κ2) is 5.39. The number of hydrogen-bond donors (Lipinski definition) is 0. The Kier molecular flexibility index (Phi) is 3.98. The zero-order valence-corrected chi connectivity index (χ0v) is 12.6. The Balaban J connectivity index is 2.51. The van der Waals surface area contributed by atoms with Gasteiger partial charge in [0.15, 0.2) is 0 Å². The minimum absolute atomic E-state index is 0.0325. The first kappa shape index (κ1) is 14.8. The molecule has 3 nitrogen and oxygen atoms in total. The van der Waals surface area contributed by atoms with E-state index in [0.717, 1.165) is 17.6 Å². The number of carbonyl (C=O) groups excluding carboxylic acids is 2. The van der Waals surface area contributed by atoms with Crippen molar-refractivity contribution in [1.29, 1.82) is 0 Å². The molecule has 2 rings (SSSR count). The van der Waals surface area contributed by atoms with Crippen LogP contribution in [0.3, 0.4) is 0 Å². The van der Waals surface area contributed by atoms with Gasteiger partial charge in [-0.05, 0) is 20.3 Å². The van der Waals surface area contributed by atoms with E-state index < -0.39 is 0 Å². The van der Waals surface area contributed by atoms with Crippen LogP contribution in [0.2, 0.25) is 0 Å². The van der Waals surface area contributed by atoms with E-state index in [-0.39, 0.29) is 35.5 Å². The lowest BCUT2D eigenvalue weighted by Gasteiger charge is -2.21. The van der Waals surface area contributed by atoms with Gasteiger partial charge in [0.1, 0.15) is 0 Å². The third kappa shape index (κ3) is 1.88. The molecule has 2 amide bonds. The molecule has 1 saturated heterocycles. The molecular formula is C17H23NO2. The number of fused-ring (bicyclic) bond motifs is 1. The lowest BCUT2D eigenvalue weighted by atomic mass is 9.89.